The number of benzene rings is 2. The number of amides is 1. The molecule has 2 aromatic carbocycles. The highest BCUT2D eigenvalue weighted by Crippen LogP contribution is 2.29. The van der Waals surface area contributed by atoms with Crippen LogP contribution in [0.15, 0.2) is 47.6 Å². The number of carbonyl (C=O) groups is 1. The molecular formula is C17H16F2IN3O4. The Labute approximate surface area is 167 Å². The van der Waals surface area contributed by atoms with Crippen LogP contribution in [0.1, 0.15) is 5.56 Å². The number of anilines is 1. The molecule has 27 heavy (non-hydrogen) atoms. The number of hydrogen-bond donors (Lipinski definition) is 2. The second-order valence-electron chi connectivity index (χ2n) is 5.05. The third-order valence-corrected chi connectivity index (χ3v) is 3.88. The third-order valence-electron chi connectivity index (χ3n) is 3.16. The molecule has 0 heterocycles. The summed E-state index contributed by atoms with van der Waals surface area (Å²) in [6, 6.07) is 11.3. The number of nitrogens with one attached hydrogen (secondary N) is 1. The largest absolute Gasteiger partial charge is 0.493 e. The van der Waals surface area contributed by atoms with Crippen molar-refractivity contribution in [2.45, 2.75) is 6.61 Å². The molecule has 0 saturated heterocycles. The van der Waals surface area contributed by atoms with Crippen molar-refractivity contribution < 1.29 is 27.9 Å². The third kappa shape index (κ3) is 6.55. The van der Waals surface area contributed by atoms with Gasteiger partial charge in [-0.25, -0.2) is 0 Å². The van der Waals surface area contributed by atoms with Crippen LogP contribution in [0.3, 0.4) is 0 Å². The predicted octanol–water partition coefficient (Wildman–Crippen LogP) is 3.18. The van der Waals surface area contributed by atoms with Crippen molar-refractivity contribution in [2.75, 3.05) is 19.0 Å². The number of amidine groups is 1. The number of methoxy groups -OCH3 is 1. The van der Waals surface area contributed by atoms with Gasteiger partial charge in [-0.3, -0.25) is 4.79 Å². The molecule has 144 valence electrons. The van der Waals surface area contributed by atoms with Crippen LogP contribution >= 0.6 is 22.6 Å². The van der Waals surface area contributed by atoms with Crippen LogP contribution in [0.25, 0.3) is 0 Å². The van der Waals surface area contributed by atoms with Crippen LogP contribution in [0, 0.1) is 3.57 Å². The van der Waals surface area contributed by atoms with Crippen molar-refractivity contribution in [1.82, 2.24) is 0 Å². The molecule has 10 heteroatoms. The molecule has 7 nitrogen and oxygen atoms in total. The minimum absolute atomic E-state index is 0.0565. The minimum atomic E-state index is -2.98. The lowest BCUT2D eigenvalue weighted by Gasteiger charge is -2.11. The molecule has 3 N–H and O–H groups in total. The van der Waals surface area contributed by atoms with Gasteiger partial charge in [0.2, 0.25) is 0 Å². The number of alkyl halides is 2. The van der Waals surface area contributed by atoms with E-state index < -0.39 is 12.5 Å². The molecule has 0 radical (unpaired) electrons. The topological polar surface area (TPSA) is 95.2 Å². The van der Waals surface area contributed by atoms with Gasteiger partial charge in [-0.15, -0.1) is 0 Å². The number of nitrogens with two attached hydrogens (primary N) is 1. The highest BCUT2D eigenvalue weighted by Gasteiger charge is 2.12. The van der Waals surface area contributed by atoms with Gasteiger partial charge >= 0.3 is 6.61 Å². The van der Waals surface area contributed by atoms with Crippen LogP contribution in [0.4, 0.5) is 14.5 Å². The Morgan fingerprint density at radius 2 is 1.93 bits per heavy atom. The minimum Gasteiger partial charge on any atom is -0.493 e. The number of oxime groups is 1. The summed E-state index contributed by atoms with van der Waals surface area (Å²) in [4.78, 5) is 16.7. The van der Waals surface area contributed by atoms with Crippen LogP contribution in [0.2, 0.25) is 0 Å². The quantitative estimate of drug-likeness (QED) is 0.256. The number of carbonyl (C=O) groups excluding carboxylic acids is 1. The Balaban J connectivity index is 1.94. The van der Waals surface area contributed by atoms with Crippen molar-refractivity contribution in [1.29, 1.82) is 0 Å². The van der Waals surface area contributed by atoms with E-state index in [1.165, 1.54) is 25.3 Å². The lowest BCUT2D eigenvalue weighted by molar-refractivity contribution is -0.120. The molecule has 0 aliphatic carbocycles. The van der Waals surface area contributed by atoms with Crippen molar-refractivity contribution in [3.63, 3.8) is 0 Å². The number of ether oxygens (including phenoxy) is 2. The Kier molecular flexibility index (Phi) is 7.58. The lowest BCUT2D eigenvalue weighted by atomic mass is 10.2. The standard InChI is InChI=1S/C17H16F2IN3O4/c1-25-14-8-10(2-7-13(14)27-17(18)19)16(21)23-26-9-15(24)22-12-5-3-11(20)4-6-12/h2-8,17H,9H2,1H3,(H2,21,23)(H,22,24). The molecule has 0 aliphatic rings. The molecule has 0 saturated carbocycles. The van der Waals surface area contributed by atoms with Crippen molar-refractivity contribution >= 4 is 40.0 Å². The number of hydrogen-bond acceptors (Lipinski definition) is 5. The maximum absolute atomic E-state index is 12.3. The predicted molar refractivity (Wildman–Crippen MR) is 104 cm³/mol. The van der Waals surface area contributed by atoms with Crippen LogP contribution in [-0.4, -0.2) is 32.1 Å². The van der Waals surface area contributed by atoms with Crippen LogP contribution in [0.5, 0.6) is 11.5 Å². The normalized spacial score (nSPS) is 11.2. The zero-order valence-corrected chi connectivity index (χ0v) is 16.3. The van der Waals surface area contributed by atoms with E-state index in [-0.39, 0.29) is 23.9 Å². The zero-order valence-electron chi connectivity index (χ0n) is 14.1. The average molecular weight is 491 g/mol. The first-order valence-electron chi connectivity index (χ1n) is 7.53. The molecule has 0 bridgehead atoms. The summed E-state index contributed by atoms with van der Waals surface area (Å²) < 4.78 is 35.0. The van der Waals surface area contributed by atoms with E-state index >= 15 is 0 Å². The Hall–Kier alpha value is -2.63. The lowest BCUT2D eigenvalue weighted by Crippen LogP contribution is -2.19. The average Bonchev–Trinajstić information content (AvgIpc) is 2.63. The van der Waals surface area contributed by atoms with E-state index in [2.05, 4.69) is 37.8 Å². The monoisotopic (exact) mass is 491 g/mol. The van der Waals surface area contributed by atoms with Gasteiger partial charge in [-0.2, -0.15) is 8.78 Å². The first kappa shape index (κ1) is 20.7. The number of rotatable bonds is 8. The molecule has 1 amide bonds. The van der Waals surface area contributed by atoms with Gasteiger partial charge in [0.05, 0.1) is 7.11 Å². The Morgan fingerprint density at radius 3 is 2.56 bits per heavy atom. The van der Waals surface area contributed by atoms with E-state index in [0.717, 1.165) is 3.57 Å². The molecule has 0 fully saturated rings. The summed E-state index contributed by atoms with van der Waals surface area (Å²) in [7, 11) is 1.30. The molecule has 0 unspecified atom stereocenters. The van der Waals surface area contributed by atoms with Gasteiger partial charge in [0.15, 0.2) is 23.9 Å². The van der Waals surface area contributed by atoms with Crippen molar-refractivity contribution in [3.8, 4) is 11.5 Å². The smallest absolute Gasteiger partial charge is 0.387 e. The van der Waals surface area contributed by atoms with Crippen LogP contribution in [-0.2, 0) is 9.63 Å². The number of halogens is 3. The summed E-state index contributed by atoms with van der Waals surface area (Å²) in [5.74, 6) is -0.547. The molecule has 0 aliphatic heterocycles. The molecule has 2 aromatic rings. The summed E-state index contributed by atoms with van der Waals surface area (Å²) >= 11 is 2.15. The maximum Gasteiger partial charge on any atom is 0.387 e. The first-order valence-corrected chi connectivity index (χ1v) is 8.61. The van der Waals surface area contributed by atoms with E-state index in [1.54, 1.807) is 12.1 Å². The highest BCUT2D eigenvalue weighted by atomic mass is 127. The van der Waals surface area contributed by atoms with Gasteiger partial charge in [0.1, 0.15) is 0 Å². The second kappa shape index (κ2) is 9.90. The zero-order chi connectivity index (χ0) is 19.8. The van der Waals surface area contributed by atoms with Gasteiger partial charge in [0.25, 0.3) is 5.91 Å². The van der Waals surface area contributed by atoms with Gasteiger partial charge in [-0.1, -0.05) is 5.16 Å². The molecule has 0 spiro atoms. The number of nitrogens with zero attached hydrogens (tertiary/aromatic N) is 1. The Morgan fingerprint density at radius 1 is 1.22 bits per heavy atom. The van der Waals surface area contributed by atoms with Gasteiger partial charge in [-0.05, 0) is 65.1 Å². The van der Waals surface area contributed by atoms with E-state index in [0.29, 0.717) is 11.3 Å². The van der Waals surface area contributed by atoms with E-state index in [1.807, 2.05) is 12.1 Å². The summed E-state index contributed by atoms with van der Waals surface area (Å²) in [5, 5.41) is 6.29. The first-order chi connectivity index (χ1) is 12.9. The van der Waals surface area contributed by atoms with Crippen molar-refractivity contribution in [3.05, 3.63) is 51.6 Å². The fraction of sp³-hybridized carbons (Fsp3) is 0.176. The summed E-state index contributed by atoms with van der Waals surface area (Å²) in [6.45, 7) is -3.33. The van der Waals surface area contributed by atoms with Gasteiger partial charge in [0, 0.05) is 14.8 Å². The van der Waals surface area contributed by atoms with Gasteiger partial charge < -0.3 is 25.4 Å². The summed E-state index contributed by atoms with van der Waals surface area (Å²) in [6.07, 6.45) is 0. The highest BCUT2D eigenvalue weighted by molar-refractivity contribution is 14.1. The SMILES string of the molecule is COc1cc(/C(N)=N/OCC(=O)Nc2ccc(I)cc2)ccc1OC(F)F. The molecule has 2 rings (SSSR count). The summed E-state index contributed by atoms with van der Waals surface area (Å²) in [5.41, 5.74) is 6.75. The second-order valence-corrected chi connectivity index (χ2v) is 6.29. The van der Waals surface area contributed by atoms with E-state index in [9.17, 15) is 13.6 Å². The van der Waals surface area contributed by atoms with Crippen molar-refractivity contribution in [2.24, 2.45) is 10.9 Å². The molecule has 0 aromatic heterocycles. The maximum atomic E-state index is 12.3. The Bertz CT molecular complexity index is 816. The molecular weight excluding hydrogens is 475 g/mol. The van der Waals surface area contributed by atoms with E-state index in [4.69, 9.17) is 15.3 Å². The molecule has 0 atom stereocenters. The van der Waals surface area contributed by atoms with Crippen LogP contribution < -0.4 is 20.5 Å². The fourth-order valence-corrected chi connectivity index (χ4v) is 2.32. The fourth-order valence-electron chi connectivity index (χ4n) is 1.96.